The maximum absolute atomic E-state index is 13.3. The maximum Gasteiger partial charge on any atom is 0.334 e. The molecule has 0 aliphatic carbocycles. The number of carbonyl (C=O) groups is 4. The number of nitrogens with one attached hydrogen (secondary N) is 1. The summed E-state index contributed by atoms with van der Waals surface area (Å²) in [6.45, 7) is 2.42. The number of urea groups is 1. The van der Waals surface area contributed by atoms with Crippen LogP contribution in [-0.2, 0) is 27.5 Å². The molecule has 2 atom stereocenters. The van der Waals surface area contributed by atoms with Gasteiger partial charge in [0.2, 0.25) is 11.8 Å². The Morgan fingerprint density at radius 2 is 1.71 bits per heavy atom. The average molecular weight is 480 g/mol. The van der Waals surface area contributed by atoms with Gasteiger partial charge in [-0.05, 0) is 18.1 Å². The van der Waals surface area contributed by atoms with Crippen LogP contribution < -0.4 is 5.32 Å². The van der Waals surface area contributed by atoms with Crippen molar-refractivity contribution in [3.05, 3.63) is 71.3 Å². The molecule has 0 unspecified atom stereocenters. The Hall–Kier alpha value is -3.92. The molecule has 0 bridgehead atoms. The van der Waals surface area contributed by atoms with Crippen LogP contribution in [0.4, 0.5) is 4.79 Å². The second-order valence-corrected chi connectivity index (χ2v) is 8.90. The zero-order chi connectivity index (χ0) is 25.1. The highest BCUT2D eigenvalue weighted by Crippen LogP contribution is 2.28. The van der Waals surface area contributed by atoms with E-state index in [1.807, 2.05) is 61.5 Å². The van der Waals surface area contributed by atoms with Crippen LogP contribution in [0.15, 0.2) is 54.6 Å². The minimum atomic E-state index is -1.19. The number of fused-ring (bicyclic) bond motifs is 1. The molecule has 2 aromatic carbocycles. The van der Waals surface area contributed by atoms with Gasteiger partial charge in [-0.2, -0.15) is 0 Å². The number of nitrogens with zero attached hydrogens (tertiary/aromatic N) is 4. The molecule has 0 spiro atoms. The maximum atomic E-state index is 13.3. The number of aliphatic carboxylic acids is 1. The number of hydrazine groups is 1. The van der Waals surface area contributed by atoms with Gasteiger partial charge >= 0.3 is 12.0 Å². The van der Waals surface area contributed by atoms with E-state index in [1.54, 1.807) is 7.05 Å². The van der Waals surface area contributed by atoms with Gasteiger partial charge in [0.05, 0.1) is 19.5 Å². The molecule has 35 heavy (non-hydrogen) atoms. The number of amides is 4. The first-order valence-corrected chi connectivity index (χ1v) is 11.4. The summed E-state index contributed by atoms with van der Waals surface area (Å²) in [6.07, 6.45) is -1.36. The Labute approximate surface area is 203 Å². The van der Waals surface area contributed by atoms with E-state index in [2.05, 4.69) is 5.32 Å². The van der Waals surface area contributed by atoms with Crippen LogP contribution in [0.25, 0.3) is 0 Å². The Morgan fingerprint density at radius 1 is 1.03 bits per heavy atom. The van der Waals surface area contributed by atoms with Crippen molar-refractivity contribution in [1.82, 2.24) is 25.1 Å². The lowest BCUT2D eigenvalue weighted by molar-refractivity contribution is -0.189. The first-order valence-electron chi connectivity index (χ1n) is 11.4. The zero-order valence-electron chi connectivity index (χ0n) is 19.8. The summed E-state index contributed by atoms with van der Waals surface area (Å²) < 4.78 is 0. The molecular formula is C25H29N5O5. The van der Waals surface area contributed by atoms with Gasteiger partial charge in [-0.3, -0.25) is 14.4 Å². The molecular weight excluding hydrogens is 450 g/mol. The Bertz CT molecular complexity index is 1110. The van der Waals surface area contributed by atoms with Crippen LogP contribution in [0.3, 0.4) is 0 Å². The van der Waals surface area contributed by atoms with E-state index in [4.69, 9.17) is 0 Å². The number of hydrogen-bond acceptors (Lipinski definition) is 5. The van der Waals surface area contributed by atoms with Crippen molar-refractivity contribution in [3.63, 3.8) is 0 Å². The highest BCUT2D eigenvalue weighted by molar-refractivity contribution is 5.93. The van der Waals surface area contributed by atoms with E-state index < -0.39 is 36.5 Å². The smallest absolute Gasteiger partial charge is 0.334 e. The van der Waals surface area contributed by atoms with Gasteiger partial charge in [0, 0.05) is 20.1 Å². The molecule has 0 radical (unpaired) electrons. The van der Waals surface area contributed by atoms with Crippen LogP contribution in [0.2, 0.25) is 0 Å². The third-order valence-electron chi connectivity index (χ3n) is 6.30. The number of carboxylic acids is 1. The summed E-state index contributed by atoms with van der Waals surface area (Å²) in [5, 5.41) is 15.3. The molecule has 2 aromatic rings. The summed E-state index contributed by atoms with van der Waals surface area (Å²) >= 11 is 0. The predicted octanol–water partition coefficient (Wildman–Crippen LogP) is 1.41. The van der Waals surface area contributed by atoms with Gasteiger partial charge in [0.1, 0.15) is 12.2 Å². The van der Waals surface area contributed by atoms with E-state index >= 15 is 0 Å². The van der Waals surface area contributed by atoms with E-state index in [-0.39, 0.29) is 32.1 Å². The van der Waals surface area contributed by atoms with Gasteiger partial charge in [-0.1, -0.05) is 60.2 Å². The lowest BCUT2D eigenvalue weighted by Gasteiger charge is -2.54. The monoisotopic (exact) mass is 479 g/mol. The molecule has 4 amide bonds. The summed E-state index contributed by atoms with van der Waals surface area (Å²) in [5.41, 5.74) is 2.87. The summed E-state index contributed by atoms with van der Waals surface area (Å²) in [5.74, 6) is -2.02. The van der Waals surface area contributed by atoms with Crippen LogP contribution in [0.1, 0.15) is 23.1 Å². The predicted molar refractivity (Wildman–Crippen MR) is 126 cm³/mol. The number of carboxylic acid groups (broad SMARTS) is 1. The van der Waals surface area contributed by atoms with Crippen LogP contribution in [0.5, 0.6) is 0 Å². The zero-order valence-corrected chi connectivity index (χ0v) is 19.8. The van der Waals surface area contributed by atoms with E-state index in [0.717, 1.165) is 16.7 Å². The van der Waals surface area contributed by atoms with Crippen LogP contribution >= 0.6 is 0 Å². The third kappa shape index (κ3) is 5.27. The van der Waals surface area contributed by atoms with Crippen molar-refractivity contribution in [2.75, 3.05) is 20.1 Å². The minimum Gasteiger partial charge on any atom is -0.481 e. The normalized spacial score (nSPS) is 20.6. The molecule has 184 valence electrons. The van der Waals surface area contributed by atoms with Crippen molar-refractivity contribution in [2.24, 2.45) is 0 Å². The van der Waals surface area contributed by atoms with Crippen molar-refractivity contribution < 1.29 is 24.3 Å². The van der Waals surface area contributed by atoms with Crippen LogP contribution in [0, 0.1) is 6.92 Å². The second kappa shape index (κ2) is 10.1. The first kappa shape index (κ1) is 24.2. The minimum absolute atomic E-state index is 0.0671. The molecule has 0 aromatic heterocycles. The van der Waals surface area contributed by atoms with E-state index in [9.17, 15) is 24.3 Å². The van der Waals surface area contributed by atoms with Crippen molar-refractivity contribution >= 4 is 23.8 Å². The highest BCUT2D eigenvalue weighted by atomic mass is 16.4. The Balaban J connectivity index is 1.61. The fraction of sp³-hybridized carbons (Fsp3) is 0.360. The van der Waals surface area contributed by atoms with Crippen molar-refractivity contribution in [3.8, 4) is 0 Å². The topological polar surface area (TPSA) is 114 Å². The molecule has 10 nitrogen and oxygen atoms in total. The van der Waals surface area contributed by atoms with Crippen molar-refractivity contribution in [1.29, 1.82) is 0 Å². The fourth-order valence-corrected chi connectivity index (χ4v) is 4.58. The lowest BCUT2D eigenvalue weighted by atomic mass is 10.0. The quantitative estimate of drug-likeness (QED) is 0.648. The third-order valence-corrected chi connectivity index (χ3v) is 6.30. The molecule has 10 heteroatoms. The summed E-state index contributed by atoms with van der Waals surface area (Å²) in [4.78, 5) is 54.0. The van der Waals surface area contributed by atoms with Crippen molar-refractivity contribution in [2.45, 2.75) is 38.6 Å². The number of hydrogen-bond donors (Lipinski definition) is 2. The number of likely N-dealkylation sites (N-methyl/N-ethyl adjacent to an activating group) is 1. The Morgan fingerprint density at radius 3 is 2.37 bits per heavy atom. The number of aryl methyl sites for hydroxylation is 1. The second-order valence-electron chi connectivity index (χ2n) is 8.90. The molecule has 2 aliphatic rings. The largest absolute Gasteiger partial charge is 0.481 e. The number of piperazine rings is 1. The molecule has 2 saturated heterocycles. The molecule has 2 fully saturated rings. The van der Waals surface area contributed by atoms with E-state index in [0.29, 0.717) is 0 Å². The summed E-state index contributed by atoms with van der Waals surface area (Å²) in [6, 6.07) is 15.5. The lowest BCUT2D eigenvalue weighted by Crippen LogP contribution is -2.76. The number of carbonyl (C=O) groups excluding carboxylic acids is 3. The summed E-state index contributed by atoms with van der Waals surface area (Å²) in [7, 11) is 1.63. The molecule has 2 heterocycles. The van der Waals surface area contributed by atoms with Gasteiger partial charge in [0.25, 0.3) is 0 Å². The SMILES string of the molecule is Cc1ccc(CN2C[C@H]3N(C(=O)CN(C)N3C(=O)NCc3ccccc3)[C@@H](CC(=O)O)C2=O)cc1. The number of benzene rings is 2. The van der Waals surface area contributed by atoms with Gasteiger partial charge in [-0.15, -0.1) is 0 Å². The first-order chi connectivity index (χ1) is 16.7. The Kier molecular flexibility index (Phi) is 7.02. The standard InChI is InChI=1S/C25H29N5O5/c1-17-8-10-19(11-9-17)14-28-15-21-29(20(24(28)34)12-23(32)33)22(31)16-27(2)30(21)25(35)26-13-18-6-4-3-5-7-18/h3-11,20-21H,12-16H2,1-2H3,(H,26,35)(H,32,33)/t20-,21-/m0/s1. The highest BCUT2D eigenvalue weighted by Gasteiger charge is 2.51. The van der Waals surface area contributed by atoms with Gasteiger partial charge < -0.3 is 20.2 Å². The fourth-order valence-electron chi connectivity index (χ4n) is 4.58. The molecule has 0 saturated carbocycles. The van der Waals surface area contributed by atoms with E-state index in [1.165, 1.54) is 19.8 Å². The molecule has 2 N–H and O–H groups in total. The van der Waals surface area contributed by atoms with Gasteiger partial charge in [0.15, 0.2) is 0 Å². The molecule has 4 rings (SSSR count). The number of rotatable bonds is 6. The van der Waals surface area contributed by atoms with Gasteiger partial charge in [-0.25, -0.2) is 14.8 Å². The average Bonchev–Trinajstić information content (AvgIpc) is 2.82. The molecule has 2 aliphatic heterocycles. The van der Waals surface area contributed by atoms with Crippen LogP contribution in [-0.4, -0.2) is 81.1 Å².